The minimum absolute atomic E-state index is 0.191. The van der Waals surface area contributed by atoms with Gasteiger partial charge in [0.25, 0.3) is 0 Å². The molecule has 32 heavy (non-hydrogen) atoms. The monoisotopic (exact) mass is 445 g/mol. The van der Waals surface area contributed by atoms with Crippen LogP contribution in [-0.4, -0.2) is 33.2 Å². The Balaban J connectivity index is 1.67. The number of carbonyl (C=O) groups is 1. The van der Waals surface area contributed by atoms with E-state index < -0.39 is 5.25 Å². The minimum Gasteiger partial charge on any atom is -0.495 e. The second kappa shape index (κ2) is 9.65. The molecule has 1 heterocycles. The number of benzene rings is 3. The van der Waals surface area contributed by atoms with Gasteiger partial charge in [-0.25, -0.2) is 0 Å². The lowest BCUT2D eigenvalue weighted by Crippen LogP contribution is -2.20. The highest BCUT2D eigenvalue weighted by atomic mass is 32.2. The Labute approximate surface area is 190 Å². The highest BCUT2D eigenvalue weighted by Crippen LogP contribution is 2.37. The number of hydrogen-bond acceptors (Lipinski definition) is 6. The van der Waals surface area contributed by atoms with E-state index in [-0.39, 0.29) is 5.91 Å². The van der Waals surface area contributed by atoms with Crippen molar-refractivity contribution in [2.45, 2.75) is 24.3 Å². The number of hydrogen-bond donors (Lipinski definition) is 1. The summed E-state index contributed by atoms with van der Waals surface area (Å²) >= 11 is 1.29. The Bertz CT molecular complexity index is 1230. The quantitative estimate of drug-likeness (QED) is 0.413. The van der Waals surface area contributed by atoms with Gasteiger partial charge >= 0.3 is 0 Å². The van der Waals surface area contributed by atoms with Gasteiger partial charge in [0.1, 0.15) is 11.0 Å². The van der Waals surface area contributed by atoms with Crippen molar-refractivity contribution in [2.24, 2.45) is 0 Å². The third-order valence-corrected chi connectivity index (χ3v) is 6.05. The first-order valence-electron chi connectivity index (χ1n) is 10.1. The van der Waals surface area contributed by atoms with Crippen LogP contribution in [0.2, 0.25) is 0 Å². The van der Waals surface area contributed by atoms with Crippen molar-refractivity contribution in [3.8, 4) is 11.4 Å². The van der Waals surface area contributed by atoms with Gasteiger partial charge in [-0.05, 0) is 65.2 Å². The molecule has 162 valence electrons. The van der Waals surface area contributed by atoms with E-state index in [2.05, 4.69) is 20.8 Å². The van der Waals surface area contributed by atoms with Gasteiger partial charge in [-0.1, -0.05) is 60.3 Å². The number of aryl methyl sites for hydroxylation is 2. The molecular weight excluding hydrogens is 422 g/mol. The number of tetrazole rings is 1. The normalized spacial score (nSPS) is 11.7. The molecule has 4 rings (SSSR count). The fraction of sp³-hybridized carbons (Fsp3) is 0.167. The number of carbonyl (C=O) groups excluding carboxylic acids is 1. The van der Waals surface area contributed by atoms with Gasteiger partial charge in [-0.15, -0.1) is 5.10 Å². The number of ether oxygens (including phenoxy) is 1. The van der Waals surface area contributed by atoms with Crippen LogP contribution >= 0.6 is 11.8 Å². The van der Waals surface area contributed by atoms with Crippen LogP contribution in [0, 0.1) is 13.8 Å². The zero-order valence-electron chi connectivity index (χ0n) is 18.0. The Morgan fingerprint density at radius 3 is 2.53 bits per heavy atom. The number of aromatic nitrogens is 4. The van der Waals surface area contributed by atoms with E-state index in [9.17, 15) is 4.79 Å². The molecular formula is C24H23N5O2S. The van der Waals surface area contributed by atoms with Crippen molar-refractivity contribution in [1.82, 2.24) is 20.2 Å². The van der Waals surface area contributed by atoms with Gasteiger partial charge in [0.2, 0.25) is 11.1 Å². The summed E-state index contributed by atoms with van der Waals surface area (Å²) < 4.78 is 7.07. The van der Waals surface area contributed by atoms with Gasteiger partial charge in [-0.2, -0.15) is 4.68 Å². The van der Waals surface area contributed by atoms with E-state index in [1.165, 1.54) is 11.8 Å². The zero-order valence-corrected chi connectivity index (χ0v) is 18.8. The molecule has 0 aliphatic rings. The molecule has 0 spiro atoms. The Hall–Kier alpha value is -3.65. The van der Waals surface area contributed by atoms with Crippen LogP contribution < -0.4 is 10.1 Å². The molecule has 0 radical (unpaired) electrons. The van der Waals surface area contributed by atoms with Crippen LogP contribution in [0.4, 0.5) is 5.69 Å². The van der Waals surface area contributed by atoms with Gasteiger partial charge in [0, 0.05) is 0 Å². The number of anilines is 1. The van der Waals surface area contributed by atoms with Crippen molar-refractivity contribution < 1.29 is 9.53 Å². The van der Waals surface area contributed by atoms with E-state index in [1.54, 1.807) is 11.8 Å². The highest BCUT2D eigenvalue weighted by Gasteiger charge is 2.26. The predicted molar refractivity (Wildman–Crippen MR) is 125 cm³/mol. The lowest BCUT2D eigenvalue weighted by Gasteiger charge is -2.18. The lowest BCUT2D eigenvalue weighted by molar-refractivity contribution is -0.115. The Morgan fingerprint density at radius 2 is 1.78 bits per heavy atom. The van der Waals surface area contributed by atoms with Crippen molar-refractivity contribution >= 4 is 23.4 Å². The number of nitrogens with zero attached hydrogens (tertiary/aromatic N) is 4. The molecule has 1 atom stereocenters. The largest absolute Gasteiger partial charge is 0.495 e. The smallest absolute Gasteiger partial charge is 0.242 e. The van der Waals surface area contributed by atoms with Crippen molar-refractivity contribution in [3.05, 3.63) is 89.5 Å². The molecule has 0 saturated carbocycles. The minimum atomic E-state index is -0.573. The molecule has 0 aliphatic heterocycles. The van der Waals surface area contributed by atoms with Gasteiger partial charge in [-0.3, -0.25) is 4.79 Å². The van der Waals surface area contributed by atoms with E-state index in [4.69, 9.17) is 4.74 Å². The van der Waals surface area contributed by atoms with Crippen LogP contribution in [0.15, 0.2) is 78.0 Å². The summed E-state index contributed by atoms with van der Waals surface area (Å²) in [5.41, 5.74) is 4.43. The second-order valence-corrected chi connectivity index (χ2v) is 8.39. The Morgan fingerprint density at radius 1 is 1.00 bits per heavy atom. The summed E-state index contributed by atoms with van der Waals surface area (Å²) in [4.78, 5) is 13.5. The summed E-state index contributed by atoms with van der Waals surface area (Å²) in [6.45, 7) is 3.98. The lowest BCUT2D eigenvalue weighted by atomic mass is 10.1. The van der Waals surface area contributed by atoms with Crippen molar-refractivity contribution in [2.75, 3.05) is 12.4 Å². The number of amides is 1. The molecule has 1 N–H and O–H groups in total. The average molecular weight is 446 g/mol. The molecule has 1 unspecified atom stereocenters. The van der Waals surface area contributed by atoms with Gasteiger partial charge < -0.3 is 10.1 Å². The van der Waals surface area contributed by atoms with Gasteiger partial charge in [0.05, 0.1) is 18.5 Å². The first kappa shape index (κ1) is 21.6. The van der Waals surface area contributed by atoms with Crippen LogP contribution in [0.25, 0.3) is 5.69 Å². The van der Waals surface area contributed by atoms with Crippen molar-refractivity contribution in [3.63, 3.8) is 0 Å². The second-order valence-electron chi connectivity index (χ2n) is 7.31. The zero-order chi connectivity index (χ0) is 22.5. The highest BCUT2D eigenvalue weighted by molar-refractivity contribution is 8.00. The molecule has 8 heteroatoms. The summed E-state index contributed by atoms with van der Waals surface area (Å²) in [6, 6.07) is 23.1. The molecule has 1 amide bonds. The molecule has 0 bridgehead atoms. The number of methoxy groups -OCH3 is 1. The van der Waals surface area contributed by atoms with E-state index >= 15 is 0 Å². The van der Waals surface area contributed by atoms with E-state index in [1.807, 2.05) is 86.6 Å². The molecule has 4 aromatic rings. The topological polar surface area (TPSA) is 81.9 Å². The fourth-order valence-electron chi connectivity index (χ4n) is 3.30. The summed E-state index contributed by atoms with van der Waals surface area (Å²) in [5.74, 6) is 0.411. The van der Waals surface area contributed by atoms with E-state index in [0.29, 0.717) is 16.6 Å². The first-order chi connectivity index (χ1) is 15.5. The summed E-state index contributed by atoms with van der Waals surface area (Å²) in [6.07, 6.45) is 0. The van der Waals surface area contributed by atoms with E-state index in [0.717, 1.165) is 22.4 Å². The molecule has 1 aromatic heterocycles. The Kier molecular flexibility index (Phi) is 6.51. The van der Waals surface area contributed by atoms with Crippen LogP contribution in [0.1, 0.15) is 21.9 Å². The van der Waals surface area contributed by atoms with Crippen LogP contribution in [0.5, 0.6) is 5.75 Å². The summed E-state index contributed by atoms with van der Waals surface area (Å²) in [5, 5.41) is 15.1. The molecule has 0 fully saturated rings. The third kappa shape index (κ3) is 4.81. The number of thioether (sulfide) groups is 1. The average Bonchev–Trinajstić information content (AvgIpc) is 3.26. The van der Waals surface area contributed by atoms with Crippen LogP contribution in [-0.2, 0) is 4.79 Å². The molecule has 3 aromatic carbocycles. The molecule has 0 saturated heterocycles. The fourth-order valence-corrected chi connectivity index (χ4v) is 4.29. The standard InChI is InChI=1S/C24H23N5O2S/c1-16-8-7-11-19(14-16)29-24(26-27-28-29)32-22(18-9-5-4-6-10-18)23(30)25-20-15-17(2)12-13-21(20)31-3/h4-15,22H,1-3H3,(H,25,30). The molecule has 0 aliphatic carbocycles. The number of nitrogens with one attached hydrogen (secondary N) is 1. The number of rotatable bonds is 7. The van der Waals surface area contributed by atoms with Crippen molar-refractivity contribution in [1.29, 1.82) is 0 Å². The first-order valence-corrected chi connectivity index (χ1v) is 11.0. The van der Waals surface area contributed by atoms with Gasteiger partial charge in [0.15, 0.2) is 0 Å². The predicted octanol–water partition coefficient (Wildman–Crippen LogP) is 4.76. The summed E-state index contributed by atoms with van der Waals surface area (Å²) in [7, 11) is 1.58. The maximum Gasteiger partial charge on any atom is 0.242 e. The molecule has 7 nitrogen and oxygen atoms in total. The van der Waals surface area contributed by atoms with Crippen LogP contribution in [0.3, 0.4) is 0 Å². The maximum absolute atomic E-state index is 13.5. The SMILES string of the molecule is COc1ccc(C)cc1NC(=O)C(Sc1nnnn1-c1cccc(C)c1)c1ccccc1. The third-order valence-electron chi connectivity index (χ3n) is 4.86. The maximum atomic E-state index is 13.5.